The predicted molar refractivity (Wildman–Crippen MR) is 78.8 cm³/mol. The SMILES string of the molecule is CCOCCNC(=NC)NCc1ccc(Br)cc1. The molecule has 0 heterocycles. The zero-order chi connectivity index (χ0) is 13.2. The molecule has 0 saturated heterocycles. The van der Waals surface area contributed by atoms with Crippen molar-refractivity contribution in [1.29, 1.82) is 0 Å². The molecule has 1 aromatic rings. The lowest BCUT2D eigenvalue weighted by Crippen LogP contribution is -2.38. The van der Waals surface area contributed by atoms with Crippen LogP contribution in [0.1, 0.15) is 12.5 Å². The molecular weight excluding hydrogens is 294 g/mol. The van der Waals surface area contributed by atoms with Crippen LogP contribution in [0, 0.1) is 0 Å². The Hall–Kier alpha value is -1.07. The molecule has 0 unspecified atom stereocenters. The normalized spacial score (nSPS) is 11.4. The number of hydrogen-bond acceptors (Lipinski definition) is 2. The molecule has 0 amide bonds. The molecule has 0 aromatic heterocycles. The second-order valence-electron chi connectivity index (χ2n) is 3.68. The maximum atomic E-state index is 5.25. The zero-order valence-corrected chi connectivity index (χ0v) is 12.5. The Morgan fingerprint density at radius 3 is 2.61 bits per heavy atom. The van der Waals surface area contributed by atoms with Crippen LogP contribution in [0.25, 0.3) is 0 Å². The van der Waals surface area contributed by atoms with E-state index in [1.165, 1.54) is 5.56 Å². The summed E-state index contributed by atoms with van der Waals surface area (Å²) in [6.07, 6.45) is 0. The summed E-state index contributed by atoms with van der Waals surface area (Å²) in [4.78, 5) is 4.15. The molecule has 100 valence electrons. The van der Waals surface area contributed by atoms with E-state index in [0.29, 0.717) is 6.61 Å². The van der Waals surface area contributed by atoms with E-state index in [1.807, 2.05) is 19.1 Å². The van der Waals surface area contributed by atoms with E-state index >= 15 is 0 Å². The molecule has 1 aromatic carbocycles. The van der Waals surface area contributed by atoms with Crippen LogP contribution in [0.15, 0.2) is 33.7 Å². The van der Waals surface area contributed by atoms with Gasteiger partial charge in [-0.15, -0.1) is 0 Å². The first-order chi connectivity index (χ1) is 8.76. The van der Waals surface area contributed by atoms with Gasteiger partial charge in [-0.2, -0.15) is 0 Å². The van der Waals surface area contributed by atoms with Crippen LogP contribution in [-0.4, -0.2) is 32.8 Å². The maximum Gasteiger partial charge on any atom is 0.191 e. The van der Waals surface area contributed by atoms with Crippen molar-refractivity contribution in [2.45, 2.75) is 13.5 Å². The Labute approximate surface area is 117 Å². The van der Waals surface area contributed by atoms with Gasteiger partial charge in [0.25, 0.3) is 0 Å². The number of hydrogen-bond donors (Lipinski definition) is 2. The quantitative estimate of drug-likeness (QED) is 0.480. The van der Waals surface area contributed by atoms with Crippen LogP contribution in [-0.2, 0) is 11.3 Å². The van der Waals surface area contributed by atoms with Gasteiger partial charge in [-0.25, -0.2) is 0 Å². The van der Waals surface area contributed by atoms with Gasteiger partial charge in [-0.05, 0) is 24.6 Å². The van der Waals surface area contributed by atoms with Crippen molar-refractivity contribution in [2.24, 2.45) is 4.99 Å². The molecule has 2 N–H and O–H groups in total. The number of ether oxygens (including phenoxy) is 1. The van der Waals surface area contributed by atoms with E-state index in [2.05, 4.69) is 43.7 Å². The van der Waals surface area contributed by atoms with E-state index in [4.69, 9.17) is 4.74 Å². The molecule has 0 fully saturated rings. The first-order valence-electron chi connectivity index (χ1n) is 6.03. The summed E-state index contributed by atoms with van der Waals surface area (Å²) in [5.74, 6) is 0.789. The Bertz CT molecular complexity index is 365. The van der Waals surface area contributed by atoms with Crippen LogP contribution in [0.2, 0.25) is 0 Å². The van der Waals surface area contributed by atoms with Crippen molar-refractivity contribution in [1.82, 2.24) is 10.6 Å². The third kappa shape index (κ3) is 6.02. The van der Waals surface area contributed by atoms with E-state index in [1.54, 1.807) is 7.05 Å². The third-order valence-electron chi connectivity index (χ3n) is 2.34. The topological polar surface area (TPSA) is 45.6 Å². The lowest BCUT2D eigenvalue weighted by molar-refractivity contribution is 0.152. The Morgan fingerprint density at radius 2 is 2.00 bits per heavy atom. The van der Waals surface area contributed by atoms with E-state index in [9.17, 15) is 0 Å². The largest absolute Gasteiger partial charge is 0.380 e. The zero-order valence-electron chi connectivity index (χ0n) is 10.9. The first kappa shape index (κ1) is 15.0. The number of nitrogens with one attached hydrogen (secondary N) is 2. The summed E-state index contributed by atoms with van der Waals surface area (Å²) in [6.45, 7) is 4.93. The number of halogens is 1. The van der Waals surface area contributed by atoms with Gasteiger partial charge in [0.15, 0.2) is 5.96 Å². The molecule has 0 aliphatic carbocycles. The van der Waals surface area contributed by atoms with Gasteiger partial charge in [0.1, 0.15) is 0 Å². The Balaban J connectivity index is 2.29. The molecule has 0 radical (unpaired) electrons. The average molecular weight is 314 g/mol. The molecule has 0 saturated carbocycles. The van der Waals surface area contributed by atoms with Crippen LogP contribution in [0.4, 0.5) is 0 Å². The van der Waals surface area contributed by atoms with Crippen LogP contribution in [0.3, 0.4) is 0 Å². The molecule has 0 aliphatic rings. The van der Waals surface area contributed by atoms with Gasteiger partial charge < -0.3 is 15.4 Å². The van der Waals surface area contributed by atoms with Crippen molar-refractivity contribution in [3.63, 3.8) is 0 Å². The number of guanidine groups is 1. The van der Waals surface area contributed by atoms with Crippen LogP contribution in [0.5, 0.6) is 0 Å². The smallest absolute Gasteiger partial charge is 0.191 e. The van der Waals surface area contributed by atoms with Gasteiger partial charge in [-0.3, -0.25) is 4.99 Å². The number of rotatable bonds is 6. The summed E-state index contributed by atoms with van der Waals surface area (Å²) < 4.78 is 6.34. The lowest BCUT2D eigenvalue weighted by atomic mass is 10.2. The first-order valence-corrected chi connectivity index (χ1v) is 6.82. The fraction of sp³-hybridized carbons (Fsp3) is 0.462. The second-order valence-corrected chi connectivity index (χ2v) is 4.59. The highest BCUT2D eigenvalue weighted by Gasteiger charge is 1.97. The van der Waals surface area contributed by atoms with Crippen molar-refractivity contribution < 1.29 is 4.74 Å². The molecule has 1 rings (SSSR count). The molecule has 0 aliphatic heterocycles. The van der Waals surface area contributed by atoms with Gasteiger partial charge in [0, 0.05) is 31.2 Å². The molecule has 0 bridgehead atoms. The van der Waals surface area contributed by atoms with Crippen LogP contribution < -0.4 is 10.6 Å². The third-order valence-corrected chi connectivity index (χ3v) is 2.87. The van der Waals surface area contributed by atoms with Crippen molar-refractivity contribution in [3.8, 4) is 0 Å². The molecule has 5 heteroatoms. The Kier molecular flexibility index (Phi) is 7.44. The summed E-state index contributed by atoms with van der Waals surface area (Å²) in [5, 5.41) is 6.44. The number of aliphatic imine (C=N–C) groups is 1. The van der Waals surface area contributed by atoms with E-state index in [0.717, 1.165) is 30.1 Å². The minimum Gasteiger partial charge on any atom is -0.380 e. The average Bonchev–Trinajstić information content (AvgIpc) is 2.40. The highest BCUT2D eigenvalue weighted by Crippen LogP contribution is 2.09. The summed E-state index contributed by atoms with van der Waals surface area (Å²) in [5.41, 5.74) is 1.21. The minimum absolute atomic E-state index is 0.690. The summed E-state index contributed by atoms with van der Waals surface area (Å²) >= 11 is 3.42. The molecule has 4 nitrogen and oxygen atoms in total. The Morgan fingerprint density at radius 1 is 1.28 bits per heavy atom. The highest BCUT2D eigenvalue weighted by atomic mass is 79.9. The molecular formula is C13H20BrN3O. The van der Waals surface area contributed by atoms with Gasteiger partial charge in [0.05, 0.1) is 6.61 Å². The molecule has 18 heavy (non-hydrogen) atoms. The fourth-order valence-electron chi connectivity index (χ4n) is 1.39. The van der Waals surface area contributed by atoms with E-state index < -0.39 is 0 Å². The lowest BCUT2D eigenvalue weighted by Gasteiger charge is -2.11. The van der Waals surface area contributed by atoms with Gasteiger partial charge in [-0.1, -0.05) is 28.1 Å². The van der Waals surface area contributed by atoms with Crippen LogP contribution >= 0.6 is 15.9 Å². The maximum absolute atomic E-state index is 5.25. The number of benzene rings is 1. The predicted octanol–water partition coefficient (Wildman–Crippen LogP) is 2.15. The molecule has 0 spiro atoms. The number of nitrogens with zero attached hydrogens (tertiary/aromatic N) is 1. The van der Waals surface area contributed by atoms with Crippen molar-refractivity contribution in [3.05, 3.63) is 34.3 Å². The summed E-state index contributed by atoms with van der Waals surface area (Å²) in [6, 6.07) is 8.21. The minimum atomic E-state index is 0.690. The second kappa shape index (κ2) is 8.94. The van der Waals surface area contributed by atoms with Crippen molar-refractivity contribution >= 4 is 21.9 Å². The standard InChI is InChI=1S/C13H20BrN3O/c1-3-18-9-8-16-13(15-2)17-10-11-4-6-12(14)7-5-11/h4-7H,3,8-10H2,1-2H3,(H2,15,16,17). The fourth-order valence-corrected chi connectivity index (χ4v) is 1.66. The highest BCUT2D eigenvalue weighted by molar-refractivity contribution is 9.10. The summed E-state index contributed by atoms with van der Waals surface area (Å²) in [7, 11) is 1.76. The molecule has 0 atom stereocenters. The van der Waals surface area contributed by atoms with Gasteiger partial charge >= 0.3 is 0 Å². The van der Waals surface area contributed by atoms with E-state index in [-0.39, 0.29) is 0 Å². The monoisotopic (exact) mass is 313 g/mol. The van der Waals surface area contributed by atoms with Gasteiger partial charge in [0.2, 0.25) is 0 Å². The van der Waals surface area contributed by atoms with Crippen molar-refractivity contribution in [2.75, 3.05) is 26.8 Å².